The van der Waals surface area contributed by atoms with Crippen molar-refractivity contribution in [2.45, 2.75) is 51.0 Å². The van der Waals surface area contributed by atoms with E-state index in [-0.39, 0.29) is 12.7 Å². The highest BCUT2D eigenvalue weighted by Crippen LogP contribution is 2.27. The average molecular weight is 172 g/mol. The van der Waals surface area contributed by atoms with Crippen molar-refractivity contribution in [2.24, 2.45) is 5.92 Å². The van der Waals surface area contributed by atoms with Gasteiger partial charge in [0, 0.05) is 6.61 Å². The van der Waals surface area contributed by atoms with Crippen LogP contribution in [0.1, 0.15) is 44.9 Å². The van der Waals surface area contributed by atoms with Gasteiger partial charge in [-0.2, -0.15) is 0 Å². The normalized spacial score (nSPS) is 22.5. The van der Waals surface area contributed by atoms with Crippen LogP contribution in [0.2, 0.25) is 0 Å². The van der Waals surface area contributed by atoms with Crippen LogP contribution in [-0.2, 0) is 0 Å². The molecule has 72 valence electrons. The zero-order valence-electron chi connectivity index (χ0n) is 7.71. The first-order chi connectivity index (χ1) is 5.84. The molecule has 1 fully saturated rings. The standard InChI is InChI=1S/C10H20O2/c11-8-4-7-10(12)9-5-2-1-3-6-9/h9-12H,1-8H2/t10-/m0/s1. The summed E-state index contributed by atoms with van der Waals surface area (Å²) < 4.78 is 0. The largest absolute Gasteiger partial charge is 0.396 e. The molecule has 0 heterocycles. The van der Waals surface area contributed by atoms with E-state index in [1.807, 2.05) is 0 Å². The zero-order chi connectivity index (χ0) is 8.81. The Morgan fingerprint density at radius 1 is 1.17 bits per heavy atom. The number of rotatable bonds is 4. The lowest BCUT2D eigenvalue weighted by atomic mass is 9.84. The van der Waals surface area contributed by atoms with Gasteiger partial charge in [0.05, 0.1) is 6.10 Å². The summed E-state index contributed by atoms with van der Waals surface area (Å²) in [5.74, 6) is 0.519. The highest BCUT2D eigenvalue weighted by atomic mass is 16.3. The molecule has 0 bridgehead atoms. The molecule has 0 aromatic carbocycles. The molecule has 2 N–H and O–H groups in total. The van der Waals surface area contributed by atoms with Crippen molar-refractivity contribution in [3.05, 3.63) is 0 Å². The Labute approximate surface area is 74.6 Å². The second-order valence-corrected chi connectivity index (χ2v) is 3.83. The molecule has 0 aliphatic heterocycles. The van der Waals surface area contributed by atoms with Crippen molar-refractivity contribution >= 4 is 0 Å². The van der Waals surface area contributed by atoms with Gasteiger partial charge in [0.2, 0.25) is 0 Å². The molecular formula is C10H20O2. The van der Waals surface area contributed by atoms with Crippen molar-refractivity contribution < 1.29 is 10.2 Å². The van der Waals surface area contributed by atoms with Gasteiger partial charge in [-0.3, -0.25) is 0 Å². The van der Waals surface area contributed by atoms with E-state index >= 15 is 0 Å². The van der Waals surface area contributed by atoms with E-state index in [9.17, 15) is 5.11 Å². The third-order valence-electron chi connectivity index (χ3n) is 2.85. The molecule has 0 radical (unpaired) electrons. The van der Waals surface area contributed by atoms with E-state index in [4.69, 9.17) is 5.11 Å². The summed E-state index contributed by atoms with van der Waals surface area (Å²) in [5.41, 5.74) is 0. The molecule has 1 atom stereocenters. The van der Waals surface area contributed by atoms with Crippen LogP contribution in [0.5, 0.6) is 0 Å². The molecular weight excluding hydrogens is 152 g/mol. The molecule has 0 amide bonds. The molecule has 2 heteroatoms. The molecule has 12 heavy (non-hydrogen) atoms. The third kappa shape index (κ3) is 3.11. The Morgan fingerprint density at radius 2 is 1.83 bits per heavy atom. The molecule has 2 nitrogen and oxygen atoms in total. The first kappa shape index (κ1) is 10.0. The fraction of sp³-hybridized carbons (Fsp3) is 1.00. The van der Waals surface area contributed by atoms with Gasteiger partial charge in [-0.1, -0.05) is 19.3 Å². The van der Waals surface area contributed by atoms with Crippen LogP contribution in [-0.4, -0.2) is 22.9 Å². The summed E-state index contributed by atoms with van der Waals surface area (Å²) in [4.78, 5) is 0. The minimum atomic E-state index is -0.155. The summed E-state index contributed by atoms with van der Waals surface area (Å²) >= 11 is 0. The molecule has 0 aromatic heterocycles. The van der Waals surface area contributed by atoms with E-state index < -0.39 is 0 Å². The monoisotopic (exact) mass is 172 g/mol. The molecule has 0 aromatic rings. The molecule has 1 aliphatic rings. The second kappa shape index (κ2) is 5.55. The second-order valence-electron chi connectivity index (χ2n) is 3.83. The molecule has 0 unspecified atom stereocenters. The van der Waals surface area contributed by atoms with Crippen molar-refractivity contribution in [2.75, 3.05) is 6.61 Å². The van der Waals surface area contributed by atoms with Crippen molar-refractivity contribution in [1.82, 2.24) is 0 Å². The van der Waals surface area contributed by atoms with E-state index in [0.29, 0.717) is 5.92 Å². The van der Waals surface area contributed by atoms with Crippen molar-refractivity contribution in [3.63, 3.8) is 0 Å². The van der Waals surface area contributed by atoms with Crippen LogP contribution in [0.15, 0.2) is 0 Å². The summed E-state index contributed by atoms with van der Waals surface area (Å²) in [6.07, 6.45) is 7.64. The lowest BCUT2D eigenvalue weighted by Crippen LogP contribution is -2.22. The smallest absolute Gasteiger partial charge is 0.0569 e. The van der Waals surface area contributed by atoms with Gasteiger partial charge in [0.25, 0.3) is 0 Å². The first-order valence-electron chi connectivity index (χ1n) is 5.13. The quantitative estimate of drug-likeness (QED) is 0.677. The topological polar surface area (TPSA) is 40.5 Å². The molecule has 1 rings (SSSR count). The number of aliphatic hydroxyl groups excluding tert-OH is 2. The maximum atomic E-state index is 9.69. The first-order valence-corrected chi connectivity index (χ1v) is 5.13. The highest BCUT2D eigenvalue weighted by molar-refractivity contribution is 4.72. The fourth-order valence-electron chi connectivity index (χ4n) is 2.06. The van der Waals surface area contributed by atoms with Gasteiger partial charge in [-0.25, -0.2) is 0 Å². The summed E-state index contributed by atoms with van der Waals surface area (Å²) in [7, 11) is 0. The zero-order valence-corrected chi connectivity index (χ0v) is 7.71. The van der Waals surface area contributed by atoms with Gasteiger partial charge in [0.15, 0.2) is 0 Å². The molecule has 0 saturated heterocycles. The Balaban J connectivity index is 2.15. The van der Waals surface area contributed by atoms with Crippen LogP contribution in [0.4, 0.5) is 0 Å². The number of hydrogen-bond donors (Lipinski definition) is 2. The predicted molar refractivity (Wildman–Crippen MR) is 48.9 cm³/mol. The highest BCUT2D eigenvalue weighted by Gasteiger charge is 2.20. The maximum Gasteiger partial charge on any atom is 0.0569 e. The summed E-state index contributed by atoms with van der Waals surface area (Å²) in [6, 6.07) is 0. The van der Waals surface area contributed by atoms with Crippen LogP contribution >= 0.6 is 0 Å². The Hall–Kier alpha value is -0.0800. The van der Waals surface area contributed by atoms with E-state index in [0.717, 1.165) is 12.8 Å². The number of aliphatic hydroxyl groups is 2. The van der Waals surface area contributed by atoms with Crippen LogP contribution < -0.4 is 0 Å². The predicted octanol–water partition coefficient (Wildman–Crippen LogP) is 1.70. The summed E-state index contributed by atoms with van der Waals surface area (Å²) in [5, 5.41) is 18.3. The lowest BCUT2D eigenvalue weighted by molar-refractivity contribution is 0.0704. The van der Waals surface area contributed by atoms with E-state index in [1.165, 1.54) is 32.1 Å². The minimum absolute atomic E-state index is 0.155. The van der Waals surface area contributed by atoms with Crippen LogP contribution in [0.25, 0.3) is 0 Å². The number of hydrogen-bond acceptors (Lipinski definition) is 2. The fourth-order valence-corrected chi connectivity index (χ4v) is 2.06. The maximum absolute atomic E-state index is 9.69. The van der Waals surface area contributed by atoms with Gasteiger partial charge >= 0.3 is 0 Å². The van der Waals surface area contributed by atoms with Gasteiger partial charge < -0.3 is 10.2 Å². The lowest BCUT2D eigenvalue weighted by Gasteiger charge is -2.26. The third-order valence-corrected chi connectivity index (χ3v) is 2.85. The minimum Gasteiger partial charge on any atom is -0.396 e. The Kier molecular flexibility index (Phi) is 4.62. The van der Waals surface area contributed by atoms with E-state index in [1.54, 1.807) is 0 Å². The average Bonchev–Trinajstić information content (AvgIpc) is 2.15. The van der Waals surface area contributed by atoms with Crippen LogP contribution in [0.3, 0.4) is 0 Å². The molecule has 0 spiro atoms. The Bertz CT molecular complexity index is 108. The van der Waals surface area contributed by atoms with Crippen molar-refractivity contribution in [3.8, 4) is 0 Å². The van der Waals surface area contributed by atoms with Crippen LogP contribution in [0, 0.1) is 5.92 Å². The summed E-state index contributed by atoms with van der Waals surface area (Å²) in [6.45, 7) is 0.212. The van der Waals surface area contributed by atoms with Gasteiger partial charge in [-0.15, -0.1) is 0 Å². The molecule has 1 aliphatic carbocycles. The Morgan fingerprint density at radius 3 is 2.42 bits per heavy atom. The van der Waals surface area contributed by atoms with Gasteiger partial charge in [0.1, 0.15) is 0 Å². The SMILES string of the molecule is OCCC[C@H](O)C1CCCCC1. The van der Waals surface area contributed by atoms with Crippen molar-refractivity contribution in [1.29, 1.82) is 0 Å². The van der Waals surface area contributed by atoms with Gasteiger partial charge in [-0.05, 0) is 31.6 Å². The van der Waals surface area contributed by atoms with E-state index in [2.05, 4.69) is 0 Å². The molecule has 1 saturated carbocycles.